The normalized spacial score (nSPS) is 13.2. The molecule has 2 aliphatic rings. The Morgan fingerprint density at radius 3 is 1.29 bits per heavy atom. The Balaban J connectivity index is 0.000000303. The number of carbonyl (C=O) groups excluding carboxylic acids is 4. The summed E-state index contributed by atoms with van der Waals surface area (Å²) >= 11 is 0. The molecule has 2 aliphatic heterocycles. The van der Waals surface area contributed by atoms with Crippen LogP contribution in [0.3, 0.4) is 0 Å². The van der Waals surface area contributed by atoms with E-state index < -0.39 is 37.6 Å². The SMILES string of the molecule is CC(=O)OOC(C)=O.CC=O.CN1CCN(c2nc3c(S(=O)(=O)c4cccc5ccccc45)cccc3o2)CC1.Cl.Cl.O=S(=O)(c1cccc2ccccc12)c1cccc2oc(N3CCNCC3)nc12.[B-]OC(C)=O.[Na+]. The van der Waals surface area contributed by atoms with Gasteiger partial charge in [0.1, 0.15) is 27.1 Å². The van der Waals surface area contributed by atoms with Crippen LogP contribution in [-0.2, 0) is 53.3 Å². The fourth-order valence-corrected chi connectivity index (χ4v) is 10.9. The summed E-state index contributed by atoms with van der Waals surface area (Å²) in [5.74, 6) is -1.74. The van der Waals surface area contributed by atoms with E-state index in [4.69, 9.17) is 13.6 Å². The molecule has 0 aliphatic carbocycles. The number of likely N-dealkylation sites (N-methyl/N-ethyl adjacent to an activating group) is 1. The van der Waals surface area contributed by atoms with Crippen LogP contribution in [0.5, 0.6) is 0 Å². The monoisotopic (exact) mass is 1130 g/mol. The van der Waals surface area contributed by atoms with Crippen LogP contribution in [0, 0.1) is 0 Å². The third-order valence-electron chi connectivity index (χ3n) is 11.0. The van der Waals surface area contributed by atoms with Crippen LogP contribution in [0.15, 0.2) is 150 Å². The number of hydrogen-bond donors (Lipinski definition) is 1. The van der Waals surface area contributed by atoms with E-state index in [1.54, 1.807) is 60.7 Å². The van der Waals surface area contributed by atoms with Crippen molar-refractivity contribution in [3.63, 3.8) is 0 Å². The zero-order valence-corrected chi connectivity index (χ0v) is 47.8. The number of nitrogens with one attached hydrogen (secondary N) is 1. The molecular weight excluding hydrogens is 1070 g/mol. The second kappa shape index (κ2) is 30.0. The summed E-state index contributed by atoms with van der Waals surface area (Å²) in [6.07, 6.45) is 0.750. The van der Waals surface area contributed by atoms with E-state index in [2.05, 4.69) is 54.6 Å². The maximum Gasteiger partial charge on any atom is 1.00 e. The van der Waals surface area contributed by atoms with Gasteiger partial charge in [0.05, 0.1) is 9.79 Å². The number of rotatable bonds is 6. The molecule has 0 amide bonds. The van der Waals surface area contributed by atoms with Gasteiger partial charge < -0.3 is 46.3 Å². The van der Waals surface area contributed by atoms with Gasteiger partial charge in [0.2, 0.25) is 25.6 Å². The minimum absolute atomic E-state index is 0. The molecule has 2 aromatic heterocycles. The van der Waals surface area contributed by atoms with Gasteiger partial charge in [-0.3, -0.25) is 4.79 Å². The van der Waals surface area contributed by atoms with E-state index in [-0.39, 0.29) is 74.0 Å². The molecule has 25 heteroatoms. The molecule has 397 valence electrons. The summed E-state index contributed by atoms with van der Waals surface area (Å²) in [6, 6.07) is 36.7. The van der Waals surface area contributed by atoms with Gasteiger partial charge in [0.15, 0.2) is 11.2 Å². The van der Waals surface area contributed by atoms with Gasteiger partial charge >= 0.3 is 41.5 Å². The first-order valence-corrected chi connectivity index (χ1v) is 25.7. The third-order valence-corrected chi connectivity index (χ3v) is 14.7. The van der Waals surface area contributed by atoms with Crippen molar-refractivity contribution < 1.29 is 88.8 Å². The molecule has 2 saturated heterocycles. The molecule has 8 aromatic rings. The van der Waals surface area contributed by atoms with Gasteiger partial charge in [-0.2, -0.15) is 9.97 Å². The Bertz CT molecular complexity index is 3440. The van der Waals surface area contributed by atoms with E-state index >= 15 is 0 Å². The second-order valence-corrected chi connectivity index (χ2v) is 20.0. The van der Waals surface area contributed by atoms with Crippen LogP contribution >= 0.6 is 24.8 Å². The number of sulfone groups is 2. The van der Waals surface area contributed by atoms with E-state index in [0.29, 0.717) is 45.0 Å². The number of oxazole rings is 2. The molecule has 3 radical (unpaired) electrons. The van der Waals surface area contributed by atoms with Crippen LogP contribution in [0.2, 0.25) is 0 Å². The van der Waals surface area contributed by atoms with Crippen molar-refractivity contribution in [3.05, 3.63) is 121 Å². The minimum Gasteiger partial charge on any atom is -0.793 e. The van der Waals surface area contributed by atoms with Crippen LogP contribution in [0.25, 0.3) is 43.7 Å². The van der Waals surface area contributed by atoms with Crippen molar-refractivity contribution >= 4 is 133 Å². The Hall–Kier alpha value is -6.08. The number of benzene rings is 6. The molecule has 4 heterocycles. The largest absolute Gasteiger partial charge is 1.00 e. The first kappa shape index (κ1) is 64.2. The number of anilines is 2. The van der Waals surface area contributed by atoms with Gasteiger partial charge in [-0.1, -0.05) is 84.9 Å². The molecule has 6 aromatic carbocycles. The molecule has 0 atom stereocenters. The van der Waals surface area contributed by atoms with E-state index in [1.165, 1.54) is 13.8 Å². The summed E-state index contributed by atoms with van der Waals surface area (Å²) in [5.41, 5.74) is 1.73. The maximum atomic E-state index is 13.6. The predicted octanol–water partition coefficient (Wildman–Crippen LogP) is 4.50. The van der Waals surface area contributed by atoms with Crippen molar-refractivity contribution in [1.82, 2.24) is 20.2 Å². The van der Waals surface area contributed by atoms with E-state index in [9.17, 15) is 31.2 Å². The number of aromatic nitrogens is 2. The average Bonchev–Trinajstić information content (AvgIpc) is 4.04. The second-order valence-electron chi connectivity index (χ2n) is 16.2. The zero-order valence-electron chi connectivity index (χ0n) is 42.5. The van der Waals surface area contributed by atoms with Crippen LogP contribution < -0.4 is 44.7 Å². The van der Waals surface area contributed by atoms with Crippen LogP contribution in [-0.4, -0.2) is 123 Å². The molecular formula is C51H55BCl2N6NaO13S2. The molecule has 0 spiro atoms. The smallest absolute Gasteiger partial charge is 0.793 e. The predicted molar refractivity (Wildman–Crippen MR) is 289 cm³/mol. The first-order chi connectivity index (χ1) is 35.0. The van der Waals surface area contributed by atoms with E-state index in [0.717, 1.165) is 83.3 Å². The quantitative estimate of drug-likeness (QED) is 0.104. The van der Waals surface area contributed by atoms with Crippen molar-refractivity contribution in [3.8, 4) is 0 Å². The summed E-state index contributed by atoms with van der Waals surface area (Å²) in [5, 5.41) is 6.47. The van der Waals surface area contributed by atoms with Crippen LogP contribution in [0.4, 0.5) is 12.0 Å². The number of carbonyl (C=O) groups is 4. The molecule has 0 unspecified atom stereocenters. The molecule has 76 heavy (non-hydrogen) atoms. The van der Waals surface area contributed by atoms with Crippen molar-refractivity contribution in [1.29, 1.82) is 0 Å². The number of piperazine rings is 2. The molecule has 19 nitrogen and oxygen atoms in total. The standard InChI is InChI=1S/C22H21N3O3S.C21H19N3O3S.C4H6O4.C2H3BO2.C2H4O.2ClH.Na/c1-24-12-14-25(15-13-24)22-23-21-18(28-22)9-5-11-20(21)29(26,27)19-10-4-7-16-6-2-3-8-17(16)19;25-28(26,18-9-3-6-15-5-1-2-7-16(15)18)19-10-4-8-17-20(19)23-21(27-17)24-13-11-22-12-14-24;1-3(5)7-8-4(2)6;1-2(4)5-3;1-2-3;;;/h2-11H,12-15H2,1H3;1-10,22H,11-14H2;1-2H3;1H3;2H,1H3;2*1H;/q;;;-1;;;;+1. The maximum absolute atomic E-state index is 13.6. The summed E-state index contributed by atoms with van der Waals surface area (Å²) in [7, 11) is -1.13. The Labute approximate surface area is 475 Å². The van der Waals surface area contributed by atoms with Crippen molar-refractivity contribution in [2.75, 3.05) is 69.2 Å². The fraction of sp³-hybridized carbons (Fsp3) is 0.255. The van der Waals surface area contributed by atoms with Gasteiger partial charge in [0.25, 0.3) is 12.0 Å². The number of aldehydes is 1. The summed E-state index contributed by atoms with van der Waals surface area (Å²) in [4.78, 5) is 62.0. The number of para-hydroxylation sites is 2. The molecule has 10 rings (SSSR count). The number of halogens is 2. The minimum atomic E-state index is -3.77. The molecule has 2 fully saturated rings. The van der Waals surface area contributed by atoms with Crippen molar-refractivity contribution in [2.45, 2.75) is 47.3 Å². The Kier molecular flexibility index (Phi) is 25.4. The van der Waals surface area contributed by atoms with E-state index in [1.807, 2.05) is 65.6 Å². The topological polar surface area (TPSA) is 238 Å². The van der Waals surface area contributed by atoms with Gasteiger partial charge in [0, 0.05) is 83.9 Å². The third kappa shape index (κ3) is 16.2. The Morgan fingerprint density at radius 1 is 0.566 bits per heavy atom. The summed E-state index contributed by atoms with van der Waals surface area (Å²) in [6.45, 7) is 11.6. The van der Waals surface area contributed by atoms with Gasteiger partial charge in [-0.25, -0.2) is 36.2 Å². The Morgan fingerprint density at radius 2 is 0.908 bits per heavy atom. The van der Waals surface area contributed by atoms with Crippen molar-refractivity contribution in [2.24, 2.45) is 0 Å². The number of hydrogen-bond acceptors (Lipinski definition) is 19. The molecule has 1 N–H and O–H groups in total. The zero-order chi connectivity index (χ0) is 52.7. The average molecular weight is 1130 g/mol. The molecule has 0 saturated carbocycles. The number of fused-ring (bicyclic) bond motifs is 4. The van der Waals surface area contributed by atoms with Gasteiger partial charge in [-0.15, -0.1) is 24.8 Å². The van der Waals surface area contributed by atoms with Gasteiger partial charge in [-0.05, 0) is 61.1 Å². The first-order valence-electron chi connectivity index (χ1n) is 22.8. The number of nitrogens with zero attached hydrogens (tertiary/aromatic N) is 5. The molecule has 0 bridgehead atoms. The fourth-order valence-electron chi connectivity index (χ4n) is 7.60. The summed E-state index contributed by atoms with van der Waals surface area (Å²) < 4.78 is 69.7. The van der Waals surface area contributed by atoms with Crippen LogP contribution in [0.1, 0.15) is 27.7 Å².